The second kappa shape index (κ2) is 7.25. The molecule has 1 spiro atoms. The SMILES string of the molecule is CC(/C=C(\C=O)Nc1ccncn1)=C1\C(=O)NC2(CCCN(C)C2)N1C. The Morgan fingerprint density at radius 1 is 1.42 bits per heavy atom. The number of aromatic nitrogens is 2. The molecule has 8 heteroatoms. The number of likely N-dealkylation sites (N-methyl/N-ethyl adjacent to an activating group) is 2. The molecule has 0 aromatic carbocycles. The molecule has 1 aromatic heterocycles. The van der Waals surface area contributed by atoms with Crippen molar-refractivity contribution in [3.05, 3.63) is 41.6 Å². The lowest BCUT2D eigenvalue weighted by molar-refractivity contribution is -0.117. The summed E-state index contributed by atoms with van der Waals surface area (Å²) >= 11 is 0. The maximum absolute atomic E-state index is 12.6. The molecule has 26 heavy (non-hydrogen) atoms. The second-order valence-corrected chi connectivity index (χ2v) is 6.85. The van der Waals surface area contributed by atoms with Crippen molar-refractivity contribution in [2.45, 2.75) is 25.4 Å². The van der Waals surface area contributed by atoms with Gasteiger partial charge in [0.25, 0.3) is 5.91 Å². The summed E-state index contributed by atoms with van der Waals surface area (Å²) in [5.41, 5.74) is 1.26. The normalized spacial score (nSPS) is 26.0. The maximum atomic E-state index is 12.6. The Hall–Kier alpha value is -2.74. The van der Waals surface area contributed by atoms with Crippen molar-refractivity contribution in [1.82, 2.24) is 25.1 Å². The van der Waals surface area contributed by atoms with Crippen molar-refractivity contribution >= 4 is 18.0 Å². The van der Waals surface area contributed by atoms with Crippen LogP contribution in [0.1, 0.15) is 19.8 Å². The van der Waals surface area contributed by atoms with Crippen LogP contribution in [0.15, 0.2) is 41.6 Å². The van der Waals surface area contributed by atoms with E-state index in [4.69, 9.17) is 0 Å². The van der Waals surface area contributed by atoms with Gasteiger partial charge in [0.1, 0.15) is 23.5 Å². The van der Waals surface area contributed by atoms with Gasteiger partial charge in [0.2, 0.25) is 0 Å². The number of carbonyl (C=O) groups is 2. The van der Waals surface area contributed by atoms with Crippen molar-refractivity contribution < 1.29 is 9.59 Å². The molecular formula is C18H24N6O2. The number of aldehydes is 1. The summed E-state index contributed by atoms with van der Waals surface area (Å²) in [7, 11) is 3.99. The molecule has 1 unspecified atom stereocenters. The first-order chi connectivity index (χ1) is 12.4. The van der Waals surface area contributed by atoms with Crippen LogP contribution in [-0.4, -0.2) is 64.8 Å². The Morgan fingerprint density at radius 2 is 2.23 bits per heavy atom. The largest absolute Gasteiger partial charge is 0.346 e. The summed E-state index contributed by atoms with van der Waals surface area (Å²) < 4.78 is 0. The van der Waals surface area contributed by atoms with Crippen LogP contribution < -0.4 is 10.6 Å². The van der Waals surface area contributed by atoms with Crippen LogP contribution >= 0.6 is 0 Å². The first-order valence-electron chi connectivity index (χ1n) is 8.61. The summed E-state index contributed by atoms with van der Waals surface area (Å²) in [6, 6.07) is 1.67. The smallest absolute Gasteiger partial charge is 0.269 e. The molecule has 2 fully saturated rings. The molecule has 2 aliphatic rings. The summed E-state index contributed by atoms with van der Waals surface area (Å²) in [4.78, 5) is 36.2. The Labute approximate surface area is 153 Å². The lowest BCUT2D eigenvalue weighted by Gasteiger charge is -2.43. The van der Waals surface area contributed by atoms with E-state index in [1.807, 2.05) is 18.9 Å². The molecule has 1 amide bonds. The zero-order valence-corrected chi connectivity index (χ0v) is 15.3. The fourth-order valence-corrected chi connectivity index (χ4v) is 3.70. The number of piperidine rings is 1. The Bertz CT molecular complexity index is 760. The van der Waals surface area contributed by atoms with Gasteiger partial charge in [0, 0.05) is 19.8 Å². The number of carbonyl (C=O) groups excluding carboxylic acids is 2. The van der Waals surface area contributed by atoms with E-state index in [1.54, 1.807) is 18.3 Å². The third-order valence-corrected chi connectivity index (χ3v) is 4.93. The van der Waals surface area contributed by atoms with Gasteiger partial charge < -0.3 is 20.4 Å². The third-order valence-electron chi connectivity index (χ3n) is 4.93. The fraction of sp³-hybridized carbons (Fsp3) is 0.444. The number of anilines is 1. The van der Waals surface area contributed by atoms with E-state index in [0.29, 0.717) is 23.5 Å². The summed E-state index contributed by atoms with van der Waals surface area (Å²) in [6.45, 7) is 3.64. The molecule has 8 nitrogen and oxygen atoms in total. The summed E-state index contributed by atoms with van der Waals surface area (Å²) in [6.07, 6.45) is 7.30. The van der Waals surface area contributed by atoms with Crippen molar-refractivity contribution in [1.29, 1.82) is 0 Å². The minimum Gasteiger partial charge on any atom is -0.346 e. The molecular weight excluding hydrogens is 332 g/mol. The Balaban J connectivity index is 1.88. The van der Waals surface area contributed by atoms with Crippen LogP contribution in [-0.2, 0) is 9.59 Å². The van der Waals surface area contributed by atoms with E-state index in [2.05, 4.69) is 32.5 Å². The van der Waals surface area contributed by atoms with Crippen LogP contribution in [0.3, 0.4) is 0 Å². The third kappa shape index (κ3) is 3.45. The van der Waals surface area contributed by atoms with Crippen LogP contribution in [0.2, 0.25) is 0 Å². The molecule has 0 bridgehead atoms. The molecule has 2 N–H and O–H groups in total. The topological polar surface area (TPSA) is 90.5 Å². The van der Waals surface area contributed by atoms with Gasteiger partial charge in [0.15, 0.2) is 6.29 Å². The number of allylic oxidation sites excluding steroid dienone is 3. The first-order valence-corrected chi connectivity index (χ1v) is 8.61. The highest BCUT2D eigenvalue weighted by molar-refractivity contribution is 5.97. The van der Waals surface area contributed by atoms with E-state index >= 15 is 0 Å². The van der Waals surface area contributed by atoms with Gasteiger partial charge in [-0.1, -0.05) is 0 Å². The summed E-state index contributed by atoms with van der Waals surface area (Å²) in [5.74, 6) is 0.412. The molecule has 0 radical (unpaired) electrons. The van der Waals surface area contributed by atoms with E-state index in [0.717, 1.165) is 31.5 Å². The predicted octanol–water partition coefficient (Wildman–Crippen LogP) is 0.729. The second-order valence-electron chi connectivity index (χ2n) is 6.85. The molecule has 2 aliphatic heterocycles. The van der Waals surface area contributed by atoms with Crippen molar-refractivity contribution in [2.75, 3.05) is 32.5 Å². The van der Waals surface area contributed by atoms with Gasteiger partial charge in [0.05, 0.1) is 5.70 Å². The zero-order chi connectivity index (χ0) is 18.7. The molecule has 138 valence electrons. The van der Waals surface area contributed by atoms with E-state index in [1.165, 1.54) is 6.33 Å². The van der Waals surface area contributed by atoms with Gasteiger partial charge in [-0.05, 0) is 51.1 Å². The number of rotatable bonds is 4. The van der Waals surface area contributed by atoms with Crippen LogP contribution in [0, 0.1) is 0 Å². The minimum atomic E-state index is -0.379. The first kappa shape index (κ1) is 18.1. The van der Waals surface area contributed by atoms with Crippen LogP contribution in [0.4, 0.5) is 5.82 Å². The highest BCUT2D eigenvalue weighted by Gasteiger charge is 2.47. The van der Waals surface area contributed by atoms with E-state index in [9.17, 15) is 9.59 Å². The Kier molecular flexibility index (Phi) is 5.03. The number of amides is 1. The van der Waals surface area contributed by atoms with E-state index < -0.39 is 0 Å². The predicted molar refractivity (Wildman–Crippen MR) is 97.9 cm³/mol. The highest BCUT2D eigenvalue weighted by atomic mass is 16.2. The Morgan fingerprint density at radius 3 is 2.88 bits per heavy atom. The highest BCUT2D eigenvalue weighted by Crippen LogP contribution is 2.33. The standard InChI is InChI=1S/C18H24N6O2/c1-13(9-14(10-25)21-15-5-7-19-12-20-15)16-17(26)22-18(24(16)3)6-4-8-23(2)11-18/h5,7,9-10,12H,4,6,8,11H2,1-3H3,(H,22,26)(H,19,20,21)/b14-9+,16-13-. The molecule has 2 saturated heterocycles. The molecule has 0 aliphatic carbocycles. The maximum Gasteiger partial charge on any atom is 0.269 e. The fourth-order valence-electron chi connectivity index (χ4n) is 3.70. The zero-order valence-electron chi connectivity index (χ0n) is 15.3. The van der Waals surface area contributed by atoms with Crippen molar-refractivity contribution in [3.8, 4) is 0 Å². The van der Waals surface area contributed by atoms with Gasteiger partial charge in [-0.2, -0.15) is 0 Å². The van der Waals surface area contributed by atoms with Crippen LogP contribution in [0.5, 0.6) is 0 Å². The molecule has 1 atom stereocenters. The molecule has 1 aromatic rings. The number of hydrogen-bond acceptors (Lipinski definition) is 7. The molecule has 0 saturated carbocycles. The van der Waals surface area contributed by atoms with Crippen molar-refractivity contribution in [2.24, 2.45) is 0 Å². The van der Waals surface area contributed by atoms with Crippen molar-refractivity contribution in [3.63, 3.8) is 0 Å². The van der Waals surface area contributed by atoms with E-state index in [-0.39, 0.29) is 11.6 Å². The number of nitrogens with zero attached hydrogens (tertiary/aromatic N) is 4. The average molecular weight is 356 g/mol. The lowest BCUT2D eigenvalue weighted by atomic mass is 9.98. The molecule has 3 heterocycles. The van der Waals surface area contributed by atoms with Crippen LogP contribution in [0.25, 0.3) is 0 Å². The van der Waals surface area contributed by atoms with Gasteiger partial charge in [-0.3, -0.25) is 9.59 Å². The average Bonchev–Trinajstić information content (AvgIpc) is 2.84. The number of likely N-dealkylation sites (tertiary alicyclic amines) is 1. The lowest BCUT2D eigenvalue weighted by Crippen LogP contribution is -2.59. The monoisotopic (exact) mass is 356 g/mol. The van der Waals surface area contributed by atoms with Gasteiger partial charge in [-0.15, -0.1) is 0 Å². The number of hydrogen-bond donors (Lipinski definition) is 2. The molecule has 3 rings (SSSR count). The van der Waals surface area contributed by atoms with Gasteiger partial charge in [-0.25, -0.2) is 9.97 Å². The summed E-state index contributed by atoms with van der Waals surface area (Å²) in [5, 5.41) is 6.09. The van der Waals surface area contributed by atoms with Gasteiger partial charge >= 0.3 is 0 Å². The quantitative estimate of drug-likeness (QED) is 0.607. The minimum absolute atomic E-state index is 0.108. The number of nitrogens with one attached hydrogen (secondary N) is 2.